The first-order valence-corrected chi connectivity index (χ1v) is 6.70. The second-order valence-corrected chi connectivity index (χ2v) is 6.47. The van der Waals surface area contributed by atoms with Gasteiger partial charge >= 0.3 is 12.2 Å². The van der Waals surface area contributed by atoms with Crippen LogP contribution in [0.1, 0.15) is 61.3 Å². The minimum atomic E-state index is -0.657. The van der Waals surface area contributed by atoms with Gasteiger partial charge in [0.2, 0.25) is 0 Å². The van der Waals surface area contributed by atoms with E-state index in [1.165, 1.54) is 0 Å². The highest BCUT2D eigenvalue weighted by Crippen LogP contribution is 2.15. The Hall–Kier alpha value is -1.26. The SMILES string of the molecule is CCCCN(C(=O)OC(C)(C)C)C(=O)OC(C)(C)C. The minimum Gasteiger partial charge on any atom is -0.443 e. The van der Waals surface area contributed by atoms with Crippen molar-refractivity contribution in [3.05, 3.63) is 0 Å². The van der Waals surface area contributed by atoms with Gasteiger partial charge in [0.05, 0.1) is 0 Å². The number of imide groups is 1. The largest absolute Gasteiger partial charge is 0.443 e. The summed E-state index contributed by atoms with van der Waals surface area (Å²) in [4.78, 5) is 25.0. The Bertz CT molecular complexity index is 284. The van der Waals surface area contributed by atoms with Crippen molar-refractivity contribution in [2.24, 2.45) is 0 Å². The molecule has 0 spiro atoms. The van der Waals surface area contributed by atoms with Gasteiger partial charge in [0.15, 0.2) is 0 Å². The Balaban J connectivity index is 4.80. The topological polar surface area (TPSA) is 55.8 Å². The van der Waals surface area contributed by atoms with E-state index in [0.29, 0.717) is 6.54 Å². The lowest BCUT2D eigenvalue weighted by Crippen LogP contribution is -2.44. The fourth-order valence-corrected chi connectivity index (χ4v) is 1.21. The number of hydrogen-bond acceptors (Lipinski definition) is 4. The maximum Gasteiger partial charge on any atom is 0.419 e. The fourth-order valence-electron chi connectivity index (χ4n) is 1.21. The van der Waals surface area contributed by atoms with E-state index in [1.807, 2.05) is 6.92 Å². The standard InChI is InChI=1S/C14H27NO4/c1-8-9-10-15(11(16)18-13(2,3)4)12(17)19-14(5,6)7/h8-10H2,1-7H3. The van der Waals surface area contributed by atoms with Crippen LogP contribution in [0.4, 0.5) is 9.59 Å². The van der Waals surface area contributed by atoms with Crippen molar-refractivity contribution in [3.63, 3.8) is 0 Å². The van der Waals surface area contributed by atoms with E-state index >= 15 is 0 Å². The number of hydrogen-bond donors (Lipinski definition) is 0. The van der Waals surface area contributed by atoms with Crippen LogP contribution < -0.4 is 0 Å². The third-order valence-electron chi connectivity index (χ3n) is 1.96. The van der Waals surface area contributed by atoms with E-state index in [0.717, 1.165) is 17.7 Å². The lowest BCUT2D eigenvalue weighted by atomic mass is 10.2. The molecule has 5 heteroatoms. The lowest BCUT2D eigenvalue weighted by molar-refractivity contribution is 0.00128. The Morgan fingerprint density at radius 2 is 1.26 bits per heavy atom. The predicted octanol–water partition coefficient (Wildman–Crippen LogP) is 3.96. The van der Waals surface area contributed by atoms with Gasteiger partial charge in [-0.2, -0.15) is 0 Å². The number of carbonyl (C=O) groups is 2. The third kappa shape index (κ3) is 8.46. The highest BCUT2D eigenvalue weighted by molar-refractivity contribution is 5.88. The summed E-state index contributed by atoms with van der Waals surface area (Å²) in [6, 6.07) is 0. The summed E-state index contributed by atoms with van der Waals surface area (Å²) in [7, 11) is 0. The molecule has 2 amide bonds. The first-order chi connectivity index (χ1) is 8.46. The molecule has 0 saturated carbocycles. The van der Waals surface area contributed by atoms with Crippen LogP contribution >= 0.6 is 0 Å². The molecule has 0 atom stereocenters. The van der Waals surface area contributed by atoms with Crippen LogP contribution in [-0.4, -0.2) is 34.8 Å². The van der Waals surface area contributed by atoms with Crippen LogP contribution in [0.15, 0.2) is 0 Å². The zero-order valence-corrected chi connectivity index (χ0v) is 13.2. The second-order valence-electron chi connectivity index (χ2n) is 6.47. The summed E-state index contributed by atoms with van der Waals surface area (Å²) in [5.41, 5.74) is -1.27. The Morgan fingerprint density at radius 1 is 0.895 bits per heavy atom. The van der Waals surface area contributed by atoms with Gasteiger partial charge in [-0.25, -0.2) is 14.5 Å². The molecule has 0 aromatic rings. The molecule has 5 nitrogen and oxygen atoms in total. The number of carbonyl (C=O) groups excluding carboxylic acids is 2. The molecule has 0 aliphatic carbocycles. The number of amides is 2. The number of nitrogens with zero attached hydrogens (tertiary/aromatic N) is 1. The van der Waals surface area contributed by atoms with Gasteiger partial charge in [0.1, 0.15) is 11.2 Å². The molecule has 0 aliphatic heterocycles. The van der Waals surface area contributed by atoms with Crippen molar-refractivity contribution in [2.45, 2.75) is 72.5 Å². The first kappa shape index (κ1) is 17.7. The highest BCUT2D eigenvalue weighted by Gasteiger charge is 2.30. The smallest absolute Gasteiger partial charge is 0.419 e. The average Bonchev–Trinajstić information content (AvgIpc) is 2.12. The normalized spacial score (nSPS) is 11.9. The lowest BCUT2D eigenvalue weighted by Gasteiger charge is -2.28. The van der Waals surface area contributed by atoms with Gasteiger partial charge in [-0.3, -0.25) is 0 Å². The van der Waals surface area contributed by atoms with Crippen molar-refractivity contribution >= 4 is 12.2 Å². The van der Waals surface area contributed by atoms with Crippen molar-refractivity contribution < 1.29 is 19.1 Å². The molecule has 0 aromatic carbocycles. The first-order valence-electron chi connectivity index (χ1n) is 6.70. The van der Waals surface area contributed by atoms with Gasteiger partial charge < -0.3 is 9.47 Å². The van der Waals surface area contributed by atoms with E-state index in [-0.39, 0.29) is 0 Å². The zero-order chi connectivity index (χ0) is 15.3. The van der Waals surface area contributed by atoms with E-state index < -0.39 is 23.4 Å². The molecule has 0 fully saturated rings. The van der Waals surface area contributed by atoms with Gasteiger partial charge in [0.25, 0.3) is 0 Å². The summed E-state index contributed by atoms with van der Waals surface area (Å²) < 4.78 is 10.4. The third-order valence-corrected chi connectivity index (χ3v) is 1.96. The monoisotopic (exact) mass is 273 g/mol. The average molecular weight is 273 g/mol. The molecule has 0 aromatic heterocycles. The van der Waals surface area contributed by atoms with Crippen molar-refractivity contribution in [2.75, 3.05) is 6.54 Å². The molecule has 0 rings (SSSR count). The second kappa shape index (κ2) is 6.78. The van der Waals surface area contributed by atoms with Crippen molar-refractivity contribution in [3.8, 4) is 0 Å². The summed E-state index contributed by atoms with van der Waals surface area (Å²) in [6.45, 7) is 12.9. The molecular weight excluding hydrogens is 246 g/mol. The van der Waals surface area contributed by atoms with Crippen LogP contribution in [0, 0.1) is 0 Å². The van der Waals surface area contributed by atoms with Gasteiger partial charge in [-0.1, -0.05) is 13.3 Å². The molecule has 0 aliphatic rings. The summed E-state index contributed by atoms with van der Waals surface area (Å²) in [5.74, 6) is 0. The maximum atomic E-state index is 12.0. The molecule has 112 valence electrons. The predicted molar refractivity (Wildman–Crippen MR) is 74.1 cm³/mol. The highest BCUT2D eigenvalue weighted by atomic mass is 16.6. The molecule has 0 heterocycles. The number of ether oxygens (including phenoxy) is 2. The molecule has 0 radical (unpaired) electrons. The molecule has 0 bridgehead atoms. The van der Waals surface area contributed by atoms with Gasteiger partial charge in [0, 0.05) is 6.54 Å². The molecular formula is C14H27NO4. The van der Waals surface area contributed by atoms with E-state index in [2.05, 4.69) is 0 Å². The van der Waals surface area contributed by atoms with E-state index in [1.54, 1.807) is 41.5 Å². The van der Waals surface area contributed by atoms with E-state index in [4.69, 9.17) is 9.47 Å². The Morgan fingerprint density at radius 3 is 1.53 bits per heavy atom. The zero-order valence-electron chi connectivity index (χ0n) is 13.2. The van der Waals surface area contributed by atoms with Gasteiger partial charge in [-0.05, 0) is 48.0 Å². The van der Waals surface area contributed by atoms with Crippen LogP contribution in [0.25, 0.3) is 0 Å². The minimum absolute atomic E-state index is 0.306. The fraction of sp³-hybridized carbons (Fsp3) is 0.857. The van der Waals surface area contributed by atoms with Crippen LogP contribution in [-0.2, 0) is 9.47 Å². The summed E-state index contributed by atoms with van der Waals surface area (Å²) >= 11 is 0. The summed E-state index contributed by atoms with van der Waals surface area (Å²) in [5, 5.41) is 0. The molecule has 0 N–H and O–H groups in total. The van der Waals surface area contributed by atoms with Crippen LogP contribution in [0.3, 0.4) is 0 Å². The van der Waals surface area contributed by atoms with Gasteiger partial charge in [-0.15, -0.1) is 0 Å². The Labute approximate surface area is 116 Å². The summed E-state index contributed by atoms with van der Waals surface area (Å²) in [6.07, 6.45) is 0.283. The quantitative estimate of drug-likeness (QED) is 0.781. The molecule has 19 heavy (non-hydrogen) atoms. The van der Waals surface area contributed by atoms with Crippen LogP contribution in [0.5, 0.6) is 0 Å². The molecule has 0 saturated heterocycles. The van der Waals surface area contributed by atoms with E-state index in [9.17, 15) is 9.59 Å². The van der Waals surface area contributed by atoms with Crippen molar-refractivity contribution in [1.82, 2.24) is 4.90 Å². The Kier molecular flexibility index (Phi) is 6.33. The van der Waals surface area contributed by atoms with Crippen molar-refractivity contribution in [1.29, 1.82) is 0 Å². The number of unbranched alkanes of at least 4 members (excludes halogenated alkanes) is 1. The number of rotatable bonds is 3. The molecule has 0 unspecified atom stereocenters. The van der Waals surface area contributed by atoms with Crippen LogP contribution in [0.2, 0.25) is 0 Å². The maximum absolute atomic E-state index is 12.0.